The summed E-state index contributed by atoms with van der Waals surface area (Å²) in [6.07, 6.45) is 0. The summed E-state index contributed by atoms with van der Waals surface area (Å²) in [4.78, 5) is 26.2. The first-order valence-electron chi connectivity index (χ1n) is 7.99. The molecule has 0 spiro atoms. The second kappa shape index (κ2) is 7.17. The molecule has 0 aliphatic rings. The molecule has 3 N–H and O–H groups in total. The Morgan fingerprint density at radius 1 is 1.19 bits per heavy atom. The van der Waals surface area contributed by atoms with Gasteiger partial charge in [-0.05, 0) is 43.3 Å². The van der Waals surface area contributed by atoms with Gasteiger partial charge >= 0.3 is 0 Å². The van der Waals surface area contributed by atoms with Crippen molar-refractivity contribution >= 4 is 39.8 Å². The second-order valence-corrected chi connectivity index (χ2v) is 6.44. The van der Waals surface area contributed by atoms with Crippen molar-refractivity contribution in [2.75, 3.05) is 10.6 Å². The molecule has 1 aromatic heterocycles. The molecule has 0 fully saturated rings. The number of benzene rings is 2. The van der Waals surface area contributed by atoms with E-state index in [0.29, 0.717) is 22.2 Å². The first-order chi connectivity index (χ1) is 12.3. The number of anilines is 2. The molecule has 0 aliphatic carbocycles. The van der Waals surface area contributed by atoms with Gasteiger partial charge in [-0.1, -0.05) is 17.7 Å². The predicted octanol–water partition coefficient (Wildman–Crippen LogP) is 4.45. The number of fused-ring (bicyclic) bond motifs is 1. The summed E-state index contributed by atoms with van der Waals surface area (Å²) >= 11 is 5.83. The summed E-state index contributed by atoms with van der Waals surface area (Å²) < 4.78 is 13.6. The highest BCUT2D eigenvalue weighted by atomic mass is 35.5. The van der Waals surface area contributed by atoms with E-state index in [1.54, 1.807) is 24.3 Å². The van der Waals surface area contributed by atoms with E-state index in [2.05, 4.69) is 15.6 Å². The topological polar surface area (TPSA) is 74.0 Å². The highest BCUT2D eigenvalue weighted by Gasteiger charge is 2.13. The molecule has 1 unspecified atom stereocenters. The van der Waals surface area contributed by atoms with Crippen LogP contribution in [0.15, 0.2) is 47.3 Å². The van der Waals surface area contributed by atoms with Crippen LogP contribution < -0.4 is 16.2 Å². The van der Waals surface area contributed by atoms with Crippen molar-refractivity contribution in [3.8, 4) is 0 Å². The van der Waals surface area contributed by atoms with Crippen molar-refractivity contribution in [2.45, 2.75) is 19.9 Å². The van der Waals surface area contributed by atoms with Gasteiger partial charge in [0.2, 0.25) is 5.91 Å². The third-order valence-corrected chi connectivity index (χ3v) is 4.24. The molecule has 5 nitrogen and oxygen atoms in total. The van der Waals surface area contributed by atoms with Crippen LogP contribution in [-0.2, 0) is 4.79 Å². The maximum Gasteiger partial charge on any atom is 0.253 e. The Hall–Kier alpha value is -2.86. The summed E-state index contributed by atoms with van der Waals surface area (Å²) in [5, 5.41) is 6.58. The van der Waals surface area contributed by atoms with Gasteiger partial charge in [0.15, 0.2) is 0 Å². The number of carbonyl (C=O) groups excluding carboxylic acids is 1. The molecule has 26 heavy (non-hydrogen) atoms. The minimum Gasteiger partial charge on any atom is -0.378 e. The lowest BCUT2D eigenvalue weighted by Gasteiger charge is -2.16. The van der Waals surface area contributed by atoms with Crippen LogP contribution in [0.4, 0.5) is 15.8 Å². The maximum atomic E-state index is 13.6. The number of hydrogen-bond donors (Lipinski definition) is 3. The number of H-pyrrole nitrogens is 1. The third-order valence-electron chi connectivity index (χ3n) is 3.95. The molecule has 1 heterocycles. The summed E-state index contributed by atoms with van der Waals surface area (Å²) in [5.74, 6) is -0.742. The van der Waals surface area contributed by atoms with Gasteiger partial charge in [-0.15, -0.1) is 0 Å². The van der Waals surface area contributed by atoms with Crippen LogP contribution in [0, 0.1) is 5.82 Å². The molecule has 3 aromatic rings. The van der Waals surface area contributed by atoms with Gasteiger partial charge in [-0.2, -0.15) is 0 Å². The number of amides is 1. The number of hydrogen-bond acceptors (Lipinski definition) is 3. The lowest BCUT2D eigenvalue weighted by molar-refractivity contribution is -0.114. The fourth-order valence-electron chi connectivity index (χ4n) is 2.76. The van der Waals surface area contributed by atoms with Crippen LogP contribution in [0.3, 0.4) is 0 Å². The lowest BCUT2D eigenvalue weighted by atomic mass is 10.1. The van der Waals surface area contributed by atoms with E-state index in [0.717, 1.165) is 5.69 Å². The van der Waals surface area contributed by atoms with Crippen molar-refractivity contribution in [2.24, 2.45) is 0 Å². The van der Waals surface area contributed by atoms with E-state index in [1.807, 2.05) is 13.0 Å². The van der Waals surface area contributed by atoms with Crippen molar-refractivity contribution in [1.29, 1.82) is 0 Å². The zero-order chi connectivity index (χ0) is 18.8. The SMILES string of the molecule is CC(=O)Nc1cccc(NC(C)c2cc3cc(Cl)c(F)cc3[nH]c2=O)c1. The number of pyridine rings is 1. The van der Waals surface area contributed by atoms with Crippen LogP contribution in [0.1, 0.15) is 25.5 Å². The number of aromatic nitrogens is 1. The van der Waals surface area contributed by atoms with Gasteiger partial charge in [0.05, 0.1) is 16.6 Å². The smallest absolute Gasteiger partial charge is 0.253 e. The van der Waals surface area contributed by atoms with Crippen molar-refractivity contribution in [3.05, 3.63) is 69.2 Å². The molecule has 3 rings (SSSR count). The molecule has 0 radical (unpaired) electrons. The summed E-state index contributed by atoms with van der Waals surface area (Å²) in [5.41, 5.74) is 1.98. The lowest BCUT2D eigenvalue weighted by Crippen LogP contribution is -2.19. The molecule has 1 amide bonds. The van der Waals surface area contributed by atoms with Gasteiger partial charge in [-0.25, -0.2) is 4.39 Å². The Labute approximate surface area is 154 Å². The minimum atomic E-state index is -0.580. The van der Waals surface area contributed by atoms with Gasteiger partial charge in [0.25, 0.3) is 5.56 Å². The normalized spacial score (nSPS) is 12.0. The molecule has 0 bridgehead atoms. The molecule has 7 heteroatoms. The van der Waals surface area contributed by atoms with Gasteiger partial charge in [0.1, 0.15) is 5.82 Å². The maximum absolute atomic E-state index is 13.6. The van der Waals surface area contributed by atoms with Crippen LogP contribution in [0.2, 0.25) is 5.02 Å². The fourth-order valence-corrected chi connectivity index (χ4v) is 2.93. The van der Waals surface area contributed by atoms with Crippen molar-refractivity contribution in [1.82, 2.24) is 4.98 Å². The van der Waals surface area contributed by atoms with E-state index in [1.165, 1.54) is 19.1 Å². The first kappa shape index (κ1) is 17.9. The standard InChI is InChI=1S/C19H17ClFN3O2/c1-10(22-13-4-3-5-14(8-13)23-11(2)25)15-6-12-7-16(20)17(21)9-18(12)24-19(15)26/h3-10,22H,1-2H3,(H,23,25)(H,24,26). The van der Waals surface area contributed by atoms with E-state index >= 15 is 0 Å². The van der Waals surface area contributed by atoms with Gasteiger partial charge in [-0.3, -0.25) is 9.59 Å². The highest BCUT2D eigenvalue weighted by molar-refractivity contribution is 6.31. The van der Waals surface area contributed by atoms with E-state index in [-0.39, 0.29) is 22.5 Å². The van der Waals surface area contributed by atoms with Crippen LogP contribution in [0.25, 0.3) is 10.9 Å². The molecule has 0 saturated carbocycles. The fraction of sp³-hybridized carbons (Fsp3) is 0.158. The number of aromatic amines is 1. The van der Waals surface area contributed by atoms with E-state index in [4.69, 9.17) is 11.6 Å². The first-order valence-corrected chi connectivity index (χ1v) is 8.37. The molecule has 134 valence electrons. The van der Waals surface area contributed by atoms with Crippen molar-refractivity contribution in [3.63, 3.8) is 0 Å². The average molecular weight is 374 g/mol. The minimum absolute atomic E-state index is 0.000815. The van der Waals surface area contributed by atoms with Crippen LogP contribution in [-0.4, -0.2) is 10.9 Å². The Bertz CT molecular complexity index is 1050. The molecular weight excluding hydrogens is 357 g/mol. The van der Waals surface area contributed by atoms with E-state index in [9.17, 15) is 14.0 Å². The summed E-state index contributed by atoms with van der Waals surface area (Å²) in [6.45, 7) is 3.28. The van der Waals surface area contributed by atoms with Gasteiger partial charge < -0.3 is 15.6 Å². The second-order valence-electron chi connectivity index (χ2n) is 6.04. The van der Waals surface area contributed by atoms with E-state index < -0.39 is 5.82 Å². The zero-order valence-corrected chi connectivity index (χ0v) is 14.9. The largest absolute Gasteiger partial charge is 0.378 e. The Morgan fingerprint density at radius 3 is 2.65 bits per heavy atom. The van der Waals surface area contributed by atoms with Crippen molar-refractivity contribution < 1.29 is 9.18 Å². The quantitative estimate of drug-likeness (QED) is 0.632. The number of nitrogens with one attached hydrogen (secondary N) is 3. The molecule has 2 aromatic carbocycles. The predicted molar refractivity (Wildman–Crippen MR) is 102 cm³/mol. The Kier molecular flexibility index (Phi) is 4.95. The molecular formula is C19H17ClFN3O2. The summed E-state index contributed by atoms with van der Waals surface area (Å²) in [6, 6.07) is 11.2. The van der Waals surface area contributed by atoms with Gasteiger partial charge in [0, 0.05) is 29.2 Å². The summed E-state index contributed by atoms with van der Waals surface area (Å²) in [7, 11) is 0. The molecule has 1 atom stereocenters. The van der Waals surface area contributed by atoms with Crippen LogP contribution >= 0.6 is 11.6 Å². The average Bonchev–Trinajstić information content (AvgIpc) is 2.55. The molecule has 0 saturated heterocycles. The number of rotatable bonds is 4. The number of carbonyl (C=O) groups is 1. The third kappa shape index (κ3) is 3.86. The van der Waals surface area contributed by atoms with Crippen LogP contribution in [0.5, 0.6) is 0 Å². The Morgan fingerprint density at radius 2 is 1.92 bits per heavy atom. The highest BCUT2D eigenvalue weighted by Crippen LogP contribution is 2.24. The number of halogens is 2. The zero-order valence-electron chi connectivity index (χ0n) is 14.2. The molecule has 0 aliphatic heterocycles. The Balaban J connectivity index is 1.91. The monoisotopic (exact) mass is 373 g/mol.